The molecule has 74 heavy (non-hydrogen) atoms. The number of hydrogen-bond donors (Lipinski definition) is 15. The molecule has 0 saturated carbocycles. The zero-order valence-corrected chi connectivity index (χ0v) is 40.5. The lowest BCUT2D eigenvalue weighted by atomic mass is 10.0. The Hall–Kier alpha value is -7.76. The van der Waals surface area contributed by atoms with Gasteiger partial charge in [0.1, 0.15) is 42.3 Å². The van der Waals surface area contributed by atoms with Crippen molar-refractivity contribution in [2.24, 2.45) is 22.9 Å². The van der Waals surface area contributed by atoms with Gasteiger partial charge in [0.15, 0.2) is 6.04 Å². The molecule has 2 fully saturated rings. The average Bonchev–Trinajstić information content (AvgIpc) is 4.14. The van der Waals surface area contributed by atoms with Gasteiger partial charge in [-0.1, -0.05) is 18.2 Å². The Kier molecular flexibility index (Phi) is 21.7. The second kappa shape index (κ2) is 27.3. The third-order valence-corrected chi connectivity index (χ3v) is 12.4. The van der Waals surface area contributed by atoms with Crippen LogP contribution in [0.15, 0.2) is 30.5 Å². The molecule has 0 unspecified atom stereocenters. The van der Waals surface area contributed by atoms with Crippen LogP contribution in [0.25, 0.3) is 10.9 Å². The fourth-order valence-electron chi connectivity index (χ4n) is 8.49. The fraction of sp³-hybridized carbons (Fsp3) is 0.556. The SMILES string of the molecule is C[C@@H](O)[C@H](NC(=O)[C@@H]1CCCN1C(=O)[C@@H]1CCCN1C(=O)[C@H](CC(N)=O)NC(=O)[C@H](CO)NC(=O)[C@H](CO)NC(=O)[C@H](Cc1c[nH]c2ccccc12)NC(=O)[C@H](CCC(N)=O)NC(=O)[C@@H](N)CCC(N)=O)C(=O)O. The average molecular weight is 1040 g/mol. The van der Waals surface area contributed by atoms with E-state index in [1.165, 1.54) is 4.90 Å². The molecule has 0 bridgehead atoms. The van der Waals surface area contributed by atoms with E-state index in [-0.39, 0.29) is 58.0 Å². The Balaban J connectivity index is 1.50. The summed E-state index contributed by atoms with van der Waals surface area (Å²) >= 11 is 0. The van der Waals surface area contributed by atoms with Crippen molar-refractivity contribution in [3.63, 3.8) is 0 Å². The van der Waals surface area contributed by atoms with Gasteiger partial charge in [0.25, 0.3) is 0 Å². The number of aromatic nitrogens is 1. The first-order valence-corrected chi connectivity index (χ1v) is 23.7. The van der Waals surface area contributed by atoms with Crippen LogP contribution in [-0.2, 0) is 64.0 Å². The first-order valence-electron chi connectivity index (χ1n) is 23.7. The zero-order chi connectivity index (χ0) is 55.0. The van der Waals surface area contributed by atoms with E-state index in [9.17, 15) is 78.0 Å². The van der Waals surface area contributed by atoms with Gasteiger partial charge in [0.2, 0.25) is 65.0 Å². The number of nitrogens with two attached hydrogens (primary N) is 4. The van der Waals surface area contributed by atoms with E-state index in [2.05, 4.69) is 36.9 Å². The number of rotatable bonds is 28. The van der Waals surface area contributed by atoms with Gasteiger partial charge in [-0.3, -0.25) is 52.7 Å². The number of para-hydroxylation sites is 1. The van der Waals surface area contributed by atoms with Crippen LogP contribution in [0.2, 0.25) is 0 Å². The largest absolute Gasteiger partial charge is 0.480 e. The summed E-state index contributed by atoms with van der Waals surface area (Å²) in [7, 11) is 0. The second-order valence-electron chi connectivity index (χ2n) is 18.0. The third kappa shape index (κ3) is 16.1. The predicted octanol–water partition coefficient (Wildman–Crippen LogP) is -7.22. The van der Waals surface area contributed by atoms with Gasteiger partial charge in [0, 0.05) is 49.5 Å². The van der Waals surface area contributed by atoms with E-state index in [1.54, 1.807) is 30.5 Å². The van der Waals surface area contributed by atoms with Crippen molar-refractivity contribution in [1.82, 2.24) is 46.7 Å². The van der Waals surface area contributed by atoms with Crippen molar-refractivity contribution in [3.8, 4) is 0 Å². The van der Waals surface area contributed by atoms with E-state index in [0.29, 0.717) is 22.9 Å². The molecule has 0 aliphatic carbocycles. The summed E-state index contributed by atoms with van der Waals surface area (Å²) in [5.41, 5.74) is 22.9. The van der Waals surface area contributed by atoms with Crippen LogP contribution in [-0.4, -0.2) is 193 Å². The topological polar surface area (TPSA) is 484 Å². The lowest BCUT2D eigenvalue weighted by Crippen LogP contribution is -2.61. The Morgan fingerprint density at radius 1 is 0.662 bits per heavy atom. The number of amides is 11. The number of carboxylic acids is 1. The maximum atomic E-state index is 14.1. The number of carboxylic acid groups (broad SMARTS) is 1. The van der Waals surface area contributed by atoms with Crippen LogP contribution < -0.4 is 54.8 Å². The summed E-state index contributed by atoms with van der Waals surface area (Å²) in [4.78, 5) is 161. The summed E-state index contributed by atoms with van der Waals surface area (Å²) in [5, 5.41) is 54.3. The van der Waals surface area contributed by atoms with Crippen LogP contribution >= 0.6 is 0 Å². The summed E-state index contributed by atoms with van der Waals surface area (Å²) < 4.78 is 0. The van der Waals surface area contributed by atoms with Gasteiger partial charge in [-0.05, 0) is 57.1 Å². The quantitative estimate of drug-likeness (QED) is 0.0376. The number of hydrogen-bond acceptors (Lipinski definition) is 16. The summed E-state index contributed by atoms with van der Waals surface area (Å²) in [6, 6.07) is -7.15. The van der Waals surface area contributed by atoms with Crippen molar-refractivity contribution >= 4 is 81.9 Å². The molecular formula is C45H65N13O16. The van der Waals surface area contributed by atoms with Crippen molar-refractivity contribution < 1.29 is 78.0 Å². The highest BCUT2D eigenvalue weighted by Crippen LogP contribution is 2.26. The number of primary amides is 3. The van der Waals surface area contributed by atoms with E-state index < -0.39 is 157 Å². The Labute approximate surface area is 422 Å². The minimum absolute atomic E-state index is 0.0524. The number of nitrogens with one attached hydrogen (secondary N) is 7. The number of likely N-dealkylation sites (tertiary alicyclic amines) is 2. The molecule has 2 saturated heterocycles. The number of nitrogens with zero attached hydrogens (tertiary/aromatic N) is 2. The second-order valence-corrected chi connectivity index (χ2v) is 18.0. The Morgan fingerprint density at radius 3 is 1.74 bits per heavy atom. The first-order chi connectivity index (χ1) is 35.0. The van der Waals surface area contributed by atoms with Crippen LogP contribution in [0.5, 0.6) is 0 Å². The van der Waals surface area contributed by atoms with E-state index in [4.69, 9.17) is 22.9 Å². The monoisotopic (exact) mass is 1040 g/mol. The van der Waals surface area contributed by atoms with E-state index in [0.717, 1.165) is 11.8 Å². The molecule has 2 aliphatic heterocycles. The molecule has 10 atom stereocenters. The van der Waals surface area contributed by atoms with Gasteiger partial charge < -0.3 is 90.0 Å². The number of carbonyl (C=O) groups excluding carboxylic acids is 11. The van der Waals surface area contributed by atoms with Gasteiger partial charge in [-0.15, -0.1) is 0 Å². The number of aliphatic carboxylic acids is 1. The van der Waals surface area contributed by atoms with Gasteiger partial charge in [-0.25, -0.2) is 4.79 Å². The standard InChI is InChI=1S/C45H65N13O16/c1-21(61)36(45(73)74)56-42(70)31-8-4-14-57(31)44(72)32-9-5-15-58(32)43(71)28(17-35(49)64)53-40(68)29(19-59)55-41(69)30(20-60)54-39(67)27(16-22-18-50-25-7-3-2-6-23(22)25)52-38(66)26(11-13-34(48)63)51-37(65)24(46)10-12-33(47)62/h2-3,6-7,18,21,24,26-32,36,50,59-61H,4-5,8-17,19-20,46H2,1H3,(H2,47,62)(H2,48,63)(H2,49,64)(H,51,65)(H,52,66)(H,53,68)(H,54,67)(H,55,69)(H,56,70)(H,73,74)/t21-,24+,26+,27+,28+,29+,30+,31+,32+,36+/m1/s1. The van der Waals surface area contributed by atoms with Crippen LogP contribution in [0.4, 0.5) is 0 Å². The first kappa shape index (κ1) is 58.8. The van der Waals surface area contributed by atoms with Gasteiger partial charge >= 0.3 is 5.97 Å². The van der Waals surface area contributed by atoms with Crippen molar-refractivity contribution in [2.45, 2.75) is 132 Å². The number of H-pyrrole nitrogens is 1. The number of carbonyl (C=O) groups is 12. The zero-order valence-electron chi connectivity index (χ0n) is 40.5. The Bertz CT molecular complexity index is 2430. The molecule has 29 nitrogen and oxygen atoms in total. The predicted molar refractivity (Wildman–Crippen MR) is 255 cm³/mol. The molecule has 0 radical (unpaired) electrons. The maximum absolute atomic E-state index is 14.1. The highest BCUT2D eigenvalue weighted by molar-refractivity contribution is 6.00. The fourth-order valence-corrected chi connectivity index (χ4v) is 8.49. The lowest BCUT2D eigenvalue weighted by molar-refractivity contribution is -0.150. The normalized spacial score (nSPS) is 18.6. The van der Waals surface area contributed by atoms with Gasteiger partial charge in [0.05, 0.1) is 31.8 Å². The molecular weight excluding hydrogens is 979 g/mol. The molecule has 3 heterocycles. The summed E-state index contributed by atoms with van der Waals surface area (Å²) in [5.74, 6) is -12.2. The van der Waals surface area contributed by atoms with Gasteiger partial charge in [-0.2, -0.15) is 0 Å². The highest BCUT2D eigenvalue weighted by Gasteiger charge is 2.45. The Morgan fingerprint density at radius 2 is 1.18 bits per heavy atom. The summed E-state index contributed by atoms with van der Waals surface area (Å²) in [6.07, 6.45) is -1.42. The number of fused-ring (bicyclic) bond motifs is 1. The van der Waals surface area contributed by atoms with Crippen molar-refractivity contribution in [2.75, 3.05) is 26.3 Å². The minimum Gasteiger partial charge on any atom is -0.480 e. The molecule has 4 rings (SSSR count). The number of benzene rings is 1. The maximum Gasteiger partial charge on any atom is 0.328 e. The van der Waals surface area contributed by atoms with E-state index in [1.807, 2.05) is 0 Å². The minimum atomic E-state index is -1.92. The molecule has 0 spiro atoms. The third-order valence-electron chi connectivity index (χ3n) is 12.4. The van der Waals surface area contributed by atoms with Crippen LogP contribution in [0.1, 0.15) is 70.3 Å². The van der Waals surface area contributed by atoms with Crippen molar-refractivity contribution in [3.05, 3.63) is 36.0 Å². The number of aliphatic hydroxyl groups excluding tert-OH is 3. The number of aromatic amines is 1. The molecule has 19 N–H and O–H groups in total. The van der Waals surface area contributed by atoms with E-state index >= 15 is 0 Å². The molecule has 11 amide bonds. The molecule has 1 aromatic heterocycles. The molecule has 1 aromatic carbocycles. The summed E-state index contributed by atoms with van der Waals surface area (Å²) in [6.45, 7) is -1.10. The lowest BCUT2D eigenvalue weighted by Gasteiger charge is -2.33. The molecule has 29 heteroatoms. The molecule has 406 valence electrons. The smallest absolute Gasteiger partial charge is 0.328 e. The van der Waals surface area contributed by atoms with Crippen LogP contribution in [0.3, 0.4) is 0 Å². The van der Waals surface area contributed by atoms with Crippen LogP contribution in [0, 0.1) is 0 Å². The van der Waals surface area contributed by atoms with Crippen molar-refractivity contribution in [1.29, 1.82) is 0 Å². The number of aliphatic hydroxyl groups is 3. The highest BCUT2D eigenvalue weighted by atomic mass is 16.4. The molecule has 2 aliphatic rings. The molecule has 2 aromatic rings.